The molecule has 1 unspecified atom stereocenters. The van der Waals surface area contributed by atoms with E-state index in [9.17, 15) is 14.4 Å². The first-order valence-electron chi connectivity index (χ1n) is 9.62. The highest BCUT2D eigenvalue weighted by molar-refractivity contribution is 6.35. The van der Waals surface area contributed by atoms with Gasteiger partial charge in [0.25, 0.3) is 11.8 Å². The molecule has 8 heteroatoms. The molecule has 3 rings (SSSR count). The molecule has 0 aromatic heterocycles. The molecule has 1 saturated heterocycles. The Morgan fingerprint density at radius 2 is 1.63 bits per heavy atom. The van der Waals surface area contributed by atoms with Crippen molar-refractivity contribution in [2.24, 2.45) is 5.92 Å². The highest BCUT2D eigenvalue weighted by Gasteiger charge is 2.29. The molecule has 6 nitrogen and oxygen atoms in total. The van der Waals surface area contributed by atoms with Crippen molar-refractivity contribution in [3.05, 3.63) is 63.6 Å². The number of halogens is 2. The first-order valence-corrected chi connectivity index (χ1v) is 10.4. The van der Waals surface area contributed by atoms with Crippen molar-refractivity contribution in [3.63, 3.8) is 0 Å². The minimum atomic E-state index is -0.348. The lowest BCUT2D eigenvalue weighted by molar-refractivity contribution is -0.134. The summed E-state index contributed by atoms with van der Waals surface area (Å²) in [5.41, 5.74) is 1.40. The molecule has 1 N–H and O–H groups in total. The van der Waals surface area contributed by atoms with Gasteiger partial charge in [-0.15, -0.1) is 0 Å². The van der Waals surface area contributed by atoms with Crippen molar-refractivity contribution < 1.29 is 14.4 Å². The van der Waals surface area contributed by atoms with Crippen LogP contribution in [-0.2, 0) is 4.79 Å². The highest BCUT2D eigenvalue weighted by Crippen LogP contribution is 2.22. The van der Waals surface area contributed by atoms with Crippen molar-refractivity contribution in [3.8, 4) is 0 Å². The number of nitrogens with zero attached hydrogens (tertiary/aromatic N) is 2. The van der Waals surface area contributed by atoms with Crippen LogP contribution >= 0.6 is 23.2 Å². The molecule has 2 aromatic carbocycles. The zero-order valence-corrected chi connectivity index (χ0v) is 18.3. The van der Waals surface area contributed by atoms with Gasteiger partial charge in [-0.1, -0.05) is 23.2 Å². The van der Waals surface area contributed by atoms with Crippen molar-refractivity contribution in [1.29, 1.82) is 0 Å². The van der Waals surface area contributed by atoms with Gasteiger partial charge in [-0.25, -0.2) is 0 Å². The molecule has 30 heavy (non-hydrogen) atoms. The Hall–Kier alpha value is -2.57. The molecular formula is C22H23Cl2N3O3. The van der Waals surface area contributed by atoms with E-state index in [1.54, 1.807) is 54.2 Å². The number of rotatable bonds is 4. The number of nitrogens with one attached hydrogen (secondary N) is 1. The Morgan fingerprint density at radius 1 is 1.00 bits per heavy atom. The van der Waals surface area contributed by atoms with E-state index in [2.05, 4.69) is 5.32 Å². The van der Waals surface area contributed by atoms with Gasteiger partial charge >= 0.3 is 0 Å². The molecule has 0 spiro atoms. The van der Waals surface area contributed by atoms with Crippen LogP contribution in [0, 0.1) is 5.92 Å². The summed E-state index contributed by atoms with van der Waals surface area (Å²) in [6.45, 7) is 1.05. The van der Waals surface area contributed by atoms with Crippen LogP contribution in [0.2, 0.25) is 10.0 Å². The zero-order chi connectivity index (χ0) is 21.8. The number of carbonyl (C=O) groups is 3. The molecule has 3 amide bonds. The average molecular weight is 448 g/mol. The minimum Gasteiger partial charge on any atom is -0.349 e. The predicted octanol–water partition coefficient (Wildman–Crippen LogP) is 4.19. The summed E-state index contributed by atoms with van der Waals surface area (Å²) in [4.78, 5) is 40.8. The van der Waals surface area contributed by atoms with E-state index in [-0.39, 0.29) is 23.6 Å². The summed E-state index contributed by atoms with van der Waals surface area (Å²) in [5, 5.41) is 3.51. The number of carbonyl (C=O) groups excluding carboxylic acids is 3. The van der Waals surface area contributed by atoms with Crippen LogP contribution in [0.25, 0.3) is 0 Å². The third-order valence-corrected chi connectivity index (χ3v) is 5.45. The predicted molar refractivity (Wildman–Crippen MR) is 118 cm³/mol. The molecule has 0 bridgehead atoms. The van der Waals surface area contributed by atoms with Crippen LogP contribution in [-0.4, -0.2) is 54.7 Å². The van der Waals surface area contributed by atoms with E-state index < -0.39 is 0 Å². The summed E-state index contributed by atoms with van der Waals surface area (Å²) < 4.78 is 0. The Balaban J connectivity index is 1.65. The number of anilines is 1. The van der Waals surface area contributed by atoms with E-state index in [4.69, 9.17) is 23.2 Å². The highest BCUT2D eigenvalue weighted by atomic mass is 35.5. The fourth-order valence-corrected chi connectivity index (χ4v) is 4.02. The number of piperidine rings is 1. The maximum Gasteiger partial charge on any atom is 0.255 e. The first-order chi connectivity index (χ1) is 14.2. The largest absolute Gasteiger partial charge is 0.349 e. The third kappa shape index (κ3) is 5.32. The van der Waals surface area contributed by atoms with Crippen molar-refractivity contribution in [1.82, 2.24) is 9.80 Å². The standard InChI is InChI=1S/C22H23Cl2N3O3/c1-26(2)21(29)15-4-3-9-27(13-15)22(30)14-5-7-19(8-6-14)25-20(28)16-10-17(23)12-18(24)11-16/h5-8,10-12,15H,3-4,9,13H2,1-2H3,(H,25,28). The van der Waals surface area contributed by atoms with Crippen LogP contribution in [0.4, 0.5) is 5.69 Å². The number of hydrogen-bond acceptors (Lipinski definition) is 3. The molecule has 1 aliphatic heterocycles. The topological polar surface area (TPSA) is 69.7 Å². The maximum atomic E-state index is 12.9. The minimum absolute atomic E-state index is 0.0479. The fourth-order valence-electron chi connectivity index (χ4n) is 3.50. The molecular weight excluding hydrogens is 425 g/mol. The number of benzene rings is 2. The van der Waals surface area contributed by atoms with Gasteiger partial charge in [0.15, 0.2) is 0 Å². The van der Waals surface area contributed by atoms with Gasteiger partial charge in [-0.05, 0) is 55.3 Å². The molecule has 0 aliphatic carbocycles. The van der Waals surface area contributed by atoms with Gasteiger partial charge in [0.2, 0.25) is 5.91 Å². The normalized spacial score (nSPS) is 16.1. The molecule has 2 aromatic rings. The van der Waals surface area contributed by atoms with E-state index in [0.717, 1.165) is 12.8 Å². The lowest BCUT2D eigenvalue weighted by atomic mass is 9.96. The molecule has 1 aliphatic rings. The van der Waals surface area contributed by atoms with Gasteiger partial charge in [-0.3, -0.25) is 14.4 Å². The second-order valence-corrected chi connectivity index (χ2v) is 8.39. The summed E-state index contributed by atoms with van der Waals surface area (Å²) in [6.07, 6.45) is 1.59. The summed E-state index contributed by atoms with van der Waals surface area (Å²) in [6, 6.07) is 11.3. The first kappa shape index (κ1) is 22.1. The summed E-state index contributed by atoms with van der Waals surface area (Å²) in [5.74, 6) is -0.585. The molecule has 158 valence electrons. The van der Waals surface area contributed by atoms with E-state index >= 15 is 0 Å². The smallest absolute Gasteiger partial charge is 0.255 e. The van der Waals surface area contributed by atoms with Crippen LogP contribution in [0.1, 0.15) is 33.6 Å². The fraction of sp³-hybridized carbons (Fsp3) is 0.318. The number of hydrogen-bond donors (Lipinski definition) is 1. The van der Waals surface area contributed by atoms with E-state index in [0.29, 0.717) is 39.9 Å². The Morgan fingerprint density at radius 3 is 2.23 bits per heavy atom. The lowest BCUT2D eigenvalue weighted by Gasteiger charge is -2.33. The molecule has 1 heterocycles. The van der Waals surface area contributed by atoms with Crippen LogP contribution < -0.4 is 5.32 Å². The van der Waals surface area contributed by atoms with Crippen LogP contribution in [0.3, 0.4) is 0 Å². The SMILES string of the molecule is CN(C)C(=O)C1CCCN(C(=O)c2ccc(NC(=O)c3cc(Cl)cc(Cl)c3)cc2)C1. The van der Waals surface area contributed by atoms with Crippen molar-refractivity contribution >= 4 is 46.6 Å². The third-order valence-electron chi connectivity index (χ3n) is 5.01. The second-order valence-electron chi connectivity index (χ2n) is 7.51. The number of likely N-dealkylation sites (tertiary alicyclic amines) is 1. The Bertz CT molecular complexity index is 940. The van der Waals surface area contributed by atoms with Gasteiger partial charge in [-0.2, -0.15) is 0 Å². The number of amides is 3. The Labute approximate surface area is 185 Å². The monoisotopic (exact) mass is 447 g/mol. The van der Waals surface area contributed by atoms with Crippen molar-refractivity contribution in [2.75, 3.05) is 32.5 Å². The zero-order valence-electron chi connectivity index (χ0n) is 16.8. The second kappa shape index (κ2) is 9.49. The summed E-state index contributed by atoms with van der Waals surface area (Å²) >= 11 is 11.9. The maximum absolute atomic E-state index is 12.9. The Kier molecular flexibility index (Phi) is 7.00. The van der Waals surface area contributed by atoms with Gasteiger partial charge in [0.05, 0.1) is 5.92 Å². The summed E-state index contributed by atoms with van der Waals surface area (Å²) in [7, 11) is 3.46. The van der Waals surface area contributed by atoms with Crippen LogP contribution in [0.15, 0.2) is 42.5 Å². The van der Waals surface area contributed by atoms with Crippen molar-refractivity contribution in [2.45, 2.75) is 12.8 Å². The average Bonchev–Trinajstić information content (AvgIpc) is 2.72. The van der Waals surface area contributed by atoms with Gasteiger partial charge < -0.3 is 15.1 Å². The van der Waals surface area contributed by atoms with Gasteiger partial charge in [0.1, 0.15) is 0 Å². The molecule has 0 saturated carbocycles. The van der Waals surface area contributed by atoms with E-state index in [1.165, 1.54) is 12.1 Å². The van der Waals surface area contributed by atoms with E-state index in [1.807, 2.05) is 0 Å². The molecule has 0 radical (unpaired) electrons. The lowest BCUT2D eigenvalue weighted by Crippen LogP contribution is -2.45. The van der Waals surface area contributed by atoms with Crippen LogP contribution in [0.5, 0.6) is 0 Å². The molecule has 1 atom stereocenters. The molecule has 1 fully saturated rings. The quantitative estimate of drug-likeness (QED) is 0.763. The van der Waals surface area contributed by atoms with Gasteiger partial charge in [0, 0.05) is 54.0 Å².